The van der Waals surface area contributed by atoms with Gasteiger partial charge in [-0.15, -0.1) is 0 Å². The van der Waals surface area contributed by atoms with Crippen LogP contribution in [0, 0.1) is 0 Å². The Morgan fingerprint density at radius 3 is 2.42 bits per heavy atom. The highest BCUT2D eigenvalue weighted by Gasteiger charge is 2.39. The Bertz CT molecular complexity index is 1070. The van der Waals surface area contributed by atoms with Crippen molar-refractivity contribution in [2.75, 3.05) is 20.3 Å². The van der Waals surface area contributed by atoms with E-state index in [9.17, 15) is 9.59 Å². The van der Waals surface area contributed by atoms with Crippen LogP contribution < -0.4 is 9.47 Å². The molecule has 174 valence electrons. The minimum atomic E-state index is -0.539. The van der Waals surface area contributed by atoms with Crippen LogP contribution in [0.3, 0.4) is 0 Å². The van der Waals surface area contributed by atoms with E-state index >= 15 is 0 Å². The number of rotatable bonds is 9. The molecule has 1 amide bonds. The Morgan fingerprint density at radius 1 is 1.06 bits per heavy atom. The molecule has 0 aromatic heterocycles. The van der Waals surface area contributed by atoms with Crippen molar-refractivity contribution in [1.29, 1.82) is 0 Å². The van der Waals surface area contributed by atoms with Crippen LogP contribution in [0.25, 0.3) is 6.08 Å². The predicted molar refractivity (Wildman–Crippen MR) is 128 cm³/mol. The summed E-state index contributed by atoms with van der Waals surface area (Å²) < 4.78 is 16.5. The third-order valence-corrected chi connectivity index (χ3v) is 5.54. The SMILES string of the molecule is CCCOc1ccc(/C=C2\C(=O)N([C@H](C)c3ccccc3)C(C)=C2C(=O)OC)cc1OCC. The molecule has 1 aliphatic rings. The molecule has 6 nitrogen and oxygen atoms in total. The number of allylic oxidation sites excluding steroid dienone is 1. The topological polar surface area (TPSA) is 65.1 Å². The minimum Gasteiger partial charge on any atom is -0.490 e. The second-order valence-electron chi connectivity index (χ2n) is 7.76. The summed E-state index contributed by atoms with van der Waals surface area (Å²) in [6.45, 7) is 8.73. The average molecular weight is 450 g/mol. The summed E-state index contributed by atoms with van der Waals surface area (Å²) in [6.07, 6.45) is 2.59. The van der Waals surface area contributed by atoms with E-state index in [1.807, 2.05) is 69.3 Å². The number of carbonyl (C=O) groups is 2. The zero-order valence-corrected chi connectivity index (χ0v) is 19.9. The monoisotopic (exact) mass is 449 g/mol. The van der Waals surface area contributed by atoms with Crippen molar-refractivity contribution in [3.8, 4) is 11.5 Å². The van der Waals surface area contributed by atoms with Crippen molar-refractivity contribution in [1.82, 2.24) is 4.90 Å². The van der Waals surface area contributed by atoms with Crippen LogP contribution in [0.2, 0.25) is 0 Å². The van der Waals surface area contributed by atoms with Gasteiger partial charge < -0.3 is 19.1 Å². The molecule has 3 rings (SSSR count). The lowest BCUT2D eigenvalue weighted by Crippen LogP contribution is -2.28. The second-order valence-corrected chi connectivity index (χ2v) is 7.76. The third-order valence-electron chi connectivity index (χ3n) is 5.54. The van der Waals surface area contributed by atoms with Crippen LogP contribution in [-0.4, -0.2) is 37.1 Å². The highest BCUT2D eigenvalue weighted by Crippen LogP contribution is 2.38. The summed E-state index contributed by atoms with van der Waals surface area (Å²) in [5.74, 6) is 0.467. The van der Waals surface area contributed by atoms with Crippen molar-refractivity contribution in [2.24, 2.45) is 0 Å². The molecule has 0 saturated heterocycles. The second kappa shape index (κ2) is 10.9. The minimum absolute atomic E-state index is 0.242. The number of methoxy groups -OCH3 is 1. The molecule has 33 heavy (non-hydrogen) atoms. The summed E-state index contributed by atoms with van der Waals surface area (Å²) in [7, 11) is 1.32. The highest BCUT2D eigenvalue weighted by molar-refractivity contribution is 6.16. The van der Waals surface area contributed by atoms with Crippen LogP contribution in [-0.2, 0) is 14.3 Å². The van der Waals surface area contributed by atoms with Gasteiger partial charge in [-0.1, -0.05) is 43.3 Å². The molecule has 2 aromatic rings. The number of carbonyl (C=O) groups excluding carboxylic acids is 2. The van der Waals surface area contributed by atoms with E-state index in [2.05, 4.69) is 0 Å². The first-order valence-electron chi connectivity index (χ1n) is 11.2. The molecule has 0 fully saturated rings. The molecule has 1 heterocycles. The summed E-state index contributed by atoms with van der Waals surface area (Å²) >= 11 is 0. The summed E-state index contributed by atoms with van der Waals surface area (Å²) in [4.78, 5) is 27.9. The van der Waals surface area contributed by atoms with Gasteiger partial charge in [-0.2, -0.15) is 0 Å². The zero-order chi connectivity index (χ0) is 24.0. The fourth-order valence-corrected chi connectivity index (χ4v) is 3.93. The van der Waals surface area contributed by atoms with E-state index in [1.165, 1.54) is 7.11 Å². The van der Waals surface area contributed by atoms with Gasteiger partial charge in [0.2, 0.25) is 0 Å². The molecule has 0 N–H and O–H groups in total. The first kappa shape index (κ1) is 24.1. The standard InChI is InChI=1S/C27H31NO5/c1-6-15-33-23-14-13-20(17-24(23)32-7-2)16-22-25(27(30)31-5)19(4)28(26(22)29)18(3)21-11-9-8-10-12-21/h8-14,16-18H,6-7,15H2,1-5H3/b22-16-/t18-/m1/s1. The Hall–Kier alpha value is -3.54. The van der Waals surface area contributed by atoms with Gasteiger partial charge in [-0.3, -0.25) is 4.79 Å². The summed E-state index contributed by atoms with van der Waals surface area (Å²) in [6, 6.07) is 15.0. The van der Waals surface area contributed by atoms with E-state index in [1.54, 1.807) is 17.9 Å². The van der Waals surface area contributed by atoms with Crippen LogP contribution in [0.15, 0.2) is 65.4 Å². The van der Waals surface area contributed by atoms with Crippen molar-refractivity contribution >= 4 is 18.0 Å². The molecule has 0 aliphatic carbocycles. The van der Waals surface area contributed by atoms with Gasteiger partial charge in [-0.05, 0) is 56.5 Å². The molecule has 0 spiro atoms. The van der Waals surface area contributed by atoms with E-state index < -0.39 is 5.97 Å². The van der Waals surface area contributed by atoms with Gasteiger partial charge >= 0.3 is 5.97 Å². The number of nitrogens with zero attached hydrogens (tertiary/aromatic N) is 1. The summed E-state index contributed by atoms with van der Waals surface area (Å²) in [5, 5.41) is 0. The van der Waals surface area contributed by atoms with Crippen molar-refractivity contribution in [3.63, 3.8) is 0 Å². The maximum atomic E-state index is 13.5. The lowest BCUT2D eigenvalue weighted by Gasteiger charge is -2.26. The number of esters is 1. The quantitative estimate of drug-likeness (QED) is 0.384. The number of hydrogen-bond acceptors (Lipinski definition) is 5. The molecule has 1 aliphatic heterocycles. The van der Waals surface area contributed by atoms with Gasteiger partial charge in [0.25, 0.3) is 5.91 Å². The van der Waals surface area contributed by atoms with Gasteiger partial charge in [0, 0.05) is 5.70 Å². The van der Waals surface area contributed by atoms with Crippen LogP contribution in [0.5, 0.6) is 11.5 Å². The average Bonchev–Trinajstić information content (AvgIpc) is 3.07. The number of hydrogen-bond donors (Lipinski definition) is 0. The van der Waals surface area contributed by atoms with Crippen molar-refractivity contribution in [3.05, 3.63) is 76.5 Å². The third kappa shape index (κ3) is 5.11. The lowest BCUT2D eigenvalue weighted by atomic mass is 10.0. The Balaban J connectivity index is 2.04. The van der Waals surface area contributed by atoms with Gasteiger partial charge in [-0.25, -0.2) is 4.79 Å². The van der Waals surface area contributed by atoms with Crippen molar-refractivity contribution in [2.45, 2.75) is 40.2 Å². The number of ether oxygens (including phenoxy) is 3. The Labute approximate surface area is 195 Å². The fourth-order valence-electron chi connectivity index (χ4n) is 3.93. The molecule has 6 heteroatoms. The molecule has 0 radical (unpaired) electrons. The molecule has 1 atom stereocenters. The van der Waals surface area contributed by atoms with Gasteiger partial charge in [0.15, 0.2) is 11.5 Å². The zero-order valence-electron chi connectivity index (χ0n) is 19.9. The molecule has 0 bridgehead atoms. The smallest absolute Gasteiger partial charge is 0.340 e. The molecule has 0 saturated carbocycles. The normalized spacial score (nSPS) is 15.7. The maximum Gasteiger partial charge on any atom is 0.340 e. The molecule has 2 aromatic carbocycles. The van der Waals surface area contributed by atoms with Crippen LogP contribution >= 0.6 is 0 Å². The largest absolute Gasteiger partial charge is 0.490 e. The molecular weight excluding hydrogens is 418 g/mol. The number of amides is 1. The number of benzene rings is 2. The van der Waals surface area contributed by atoms with Gasteiger partial charge in [0.1, 0.15) is 0 Å². The van der Waals surface area contributed by atoms with E-state index in [-0.39, 0.29) is 17.5 Å². The first-order valence-corrected chi connectivity index (χ1v) is 11.2. The molecule has 0 unspecified atom stereocenters. The Morgan fingerprint density at radius 2 is 1.79 bits per heavy atom. The fraction of sp³-hybridized carbons (Fsp3) is 0.333. The highest BCUT2D eigenvalue weighted by atomic mass is 16.5. The van der Waals surface area contributed by atoms with Crippen molar-refractivity contribution < 1.29 is 23.8 Å². The van der Waals surface area contributed by atoms with Crippen LogP contribution in [0.4, 0.5) is 0 Å². The first-order chi connectivity index (χ1) is 15.9. The maximum absolute atomic E-state index is 13.5. The lowest BCUT2D eigenvalue weighted by molar-refractivity contribution is -0.136. The summed E-state index contributed by atoms with van der Waals surface area (Å²) in [5.41, 5.74) is 2.85. The predicted octanol–water partition coefficient (Wildman–Crippen LogP) is 5.31. The van der Waals surface area contributed by atoms with Crippen LogP contribution in [0.1, 0.15) is 51.3 Å². The van der Waals surface area contributed by atoms with E-state index in [0.29, 0.717) is 36.0 Å². The Kier molecular flexibility index (Phi) is 7.93. The van der Waals surface area contributed by atoms with E-state index in [0.717, 1.165) is 17.5 Å². The molecular formula is C27H31NO5. The van der Waals surface area contributed by atoms with Gasteiger partial charge in [0.05, 0.1) is 37.5 Å². The van der Waals surface area contributed by atoms with E-state index in [4.69, 9.17) is 14.2 Å².